The predicted molar refractivity (Wildman–Crippen MR) is 154 cm³/mol. The monoisotopic (exact) mass is 498 g/mol. The van der Waals surface area contributed by atoms with Crippen molar-refractivity contribution in [3.05, 3.63) is 120 Å². The largest absolute Gasteiger partial charge is 0.355 e. The van der Waals surface area contributed by atoms with Crippen molar-refractivity contribution in [1.29, 1.82) is 0 Å². The first-order valence-electron chi connectivity index (χ1n) is 13.2. The Balaban J connectivity index is 1.13. The predicted octanol–water partition coefficient (Wildman–Crippen LogP) is 6.86. The molecule has 0 unspecified atom stereocenters. The van der Waals surface area contributed by atoms with Gasteiger partial charge in [-0.05, 0) is 65.3 Å². The van der Waals surface area contributed by atoms with Gasteiger partial charge in [-0.1, -0.05) is 78.9 Å². The van der Waals surface area contributed by atoms with Crippen LogP contribution in [0.4, 0.5) is 11.5 Å². The molecule has 4 aromatic carbocycles. The number of nitrogens with zero attached hydrogens (tertiary/aromatic N) is 3. The van der Waals surface area contributed by atoms with Gasteiger partial charge in [-0.3, -0.25) is 9.78 Å². The first kappa shape index (κ1) is 23.9. The number of carbonyl (C=O) groups is 1. The fourth-order valence-electron chi connectivity index (χ4n) is 5.23. The van der Waals surface area contributed by atoms with Crippen LogP contribution >= 0.6 is 0 Å². The van der Waals surface area contributed by atoms with E-state index in [2.05, 4.69) is 52.7 Å². The van der Waals surface area contributed by atoms with Crippen molar-refractivity contribution < 1.29 is 4.79 Å². The van der Waals surface area contributed by atoms with Crippen LogP contribution in [0, 0.1) is 0 Å². The highest BCUT2D eigenvalue weighted by Crippen LogP contribution is 2.31. The SMILES string of the molecule is O=C(Cc1ccccc1)Nc1ccc(-c2ccc3ncc(N4CCC(c5ccccc5)CC4)nc3c2)cc1. The summed E-state index contributed by atoms with van der Waals surface area (Å²) in [5, 5.41) is 2.99. The first-order valence-corrected chi connectivity index (χ1v) is 13.2. The number of nitrogens with one attached hydrogen (secondary N) is 1. The number of hydrogen-bond acceptors (Lipinski definition) is 4. The third-order valence-corrected chi connectivity index (χ3v) is 7.33. The van der Waals surface area contributed by atoms with E-state index in [-0.39, 0.29) is 5.91 Å². The number of aromatic nitrogens is 2. The summed E-state index contributed by atoms with van der Waals surface area (Å²) < 4.78 is 0. The molecule has 1 aromatic heterocycles. The smallest absolute Gasteiger partial charge is 0.228 e. The third-order valence-electron chi connectivity index (χ3n) is 7.33. The number of hydrogen-bond donors (Lipinski definition) is 1. The van der Waals surface area contributed by atoms with E-state index in [1.807, 2.05) is 66.9 Å². The Bertz CT molecular complexity index is 1530. The van der Waals surface area contributed by atoms with Gasteiger partial charge in [-0.25, -0.2) is 4.98 Å². The van der Waals surface area contributed by atoms with Crippen molar-refractivity contribution >= 4 is 28.4 Å². The quantitative estimate of drug-likeness (QED) is 0.278. The van der Waals surface area contributed by atoms with Gasteiger partial charge < -0.3 is 10.2 Å². The molecule has 1 amide bonds. The molecule has 1 aliphatic heterocycles. The van der Waals surface area contributed by atoms with Crippen LogP contribution < -0.4 is 10.2 Å². The highest BCUT2D eigenvalue weighted by atomic mass is 16.1. The van der Waals surface area contributed by atoms with E-state index in [0.717, 1.165) is 65.2 Å². The lowest BCUT2D eigenvalue weighted by molar-refractivity contribution is -0.115. The lowest BCUT2D eigenvalue weighted by Crippen LogP contribution is -2.33. The van der Waals surface area contributed by atoms with E-state index in [1.165, 1.54) is 5.56 Å². The minimum atomic E-state index is -0.0229. The number of benzene rings is 4. The molecular formula is C33H30N4O. The molecule has 0 atom stereocenters. The van der Waals surface area contributed by atoms with Gasteiger partial charge in [0, 0.05) is 18.8 Å². The highest BCUT2D eigenvalue weighted by molar-refractivity contribution is 5.92. The Morgan fingerprint density at radius 1 is 0.789 bits per heavy atom. The number of fused-ring (bicyclic) bond motifs is 1. The van der Waals surface area contributed by atoms with Gasteiger partial charge in [0.25, 0.3) is 0 Å². The van der Waals surface area contributed by atoms with E-state index in [1.54, 1.807) is 0 Å². The van der Waals surface area contributed by atoms with Crippen molar-refractivity contribution in [2.75, 3.05) is 23.3 Å². The number of carbonyl (C=O) groups excluding carboxylic acids is 1. The Labute approximate surface area is 223 Å². The highest BCUT2D eigenvalue weighted by Gasteiger charge is 2.21. The Hall–Kier alpha value is -4.51. The van der Waals surface area contributed by atoms with Crippen LogP contribution in [0.1, 0.15) is 29.9 Å². The molecule has 0 aliphatic carbocycles. The summed E-state index contributed by atoms with van der Waals surface area (Å²) in [6.45, 7) is 1.97. The Morgan fingerprint density at radius 3 is 2.21 bits per heavy atom. The molecule has 0 spiro atoms. The van der Waals surface area contributed by atoms with Crippen molar-refractivity contribution in [2.24, 2.45) is 0 Å². The second kappa shape index (κ2) is 10.9. The van der Waals surface area contributed by atoms with Crippen molar-refractivity contribution in [2.45, 2.75) is 25.2 Å². The molecule has 2 heterocycles. The molecule has 1 saturated heterocycles. The van der Waals surface area contributed by atoms with Crippen LogP contribution in [0.5, 0.6) is 0 Å². The Kier molecular flexibility index (Phi) is 6.81. The van der Waals surface area contributed by atoms with Crippen LogP contribution in [0.2, 0.25) is 0 Å². The normalized spacial score (nSPS) is 13.9. The molecule has 5 nitrogen and oxygen atoms in total. The lowest BCUT2D eigenvalue weighted by atomic mass is 9.89. The second-order valence-electron chi connectivity index (χ2n) is 9.89. The summed E-state index contributed by atoms with van der Waals surface area (Å²) in [6, 6.07) is 34.7. The van der Waals surface area contributed by atoms with Gasteiger partial charge >= 0.3 is 0 Å². The molecule has 38 heavy (non-hydrogen) atoms. The van der Waals surface area contributed by atoms with Crippen molar-refractivity contribution in [3.8, 4) is 11.1 Å². The van der Waals surface area contributed by atoms with Crippen LogP contribution in [0.25, 0.3) is 22.2 Å². The van der Waals surface area contributed by atoms with E-state index in [9.17, 15) is 4.79 Å². The van der Waals surface area contributed by atoms with Crippen LogP contribution in [0.3, 0.4) is 0 Å². The number of rotatable bonds is 6. The molecule has 6 rings (SSSR count). The number of anilines is 2. The molecule has 5 heteroatoms. The summed E-state index contributed by atoms with van der Waals surface area (Å²) in [6.07, 6.45) is 4.51. The van der Waals surface area contributed by atoms with Crippen LogP contribution in [-0.2, 0) is 11.2 Å². The van der Waals surface area contributed by atoms with E-state index >= 15 is 0 Å². The fourth-order valence-corrected chi connectivity index (χ4v) is 5.23. The van der Waals surface area contributed by atoms with E-state index < -0.39 is 0 Å². The van der Waals surface area contributed by atoms with Crippen LogP contribution in [-0.4, -0.2) is 29.0 Å². The molecule has 0 radical (unpaired) electrons. The molecule has 1 fully saturated rings. The Morgan fingerprint density at radius 2 is 1.47 bits per heavy atom. The lowest BCUT2D eigenvalue weighted by Gasteiger charge is -2.33. The number of piperidine rings is 1. The zero-order chi connectivity index (χ0) is 25.7. The molecule has 188 valence electrons. The van der Waals surface area contributed by atoms with Crippen molar-refractivity contribution in [3.63, 3.8) is 0 Å². The summed E-state index contributed by atoms with van der Waals surface area (Å²) >= 11 is 0. The summed E-state index contributed by atoms with van der Waals surface area (Å²) in [7, 11) is 0. The maximum atomic E-state index is 12.4. The van der Waals surface area contributed by atoms with Gasteiger partial charge in [-0.2, -0.15) is 0 Å². The van der Waals surface area contributed by atoms with Gasteiger partial charge in [0.2, 0.25) is 5.91 Å². The average Bonchev–Trinajstić information content (AvgIpc) is 2.98. The molecular weight excluding hydrogens is 468 g/mol. The molecule has 0 bridgehead atoms. The minimum Gasteiger partial charge on any atom is -0.355 e. The summed E-state index contributed by atoms with van der Waals surface area (Å²) in [5.41, 5.74) is 7.16. The molecule has 1 aliphatic rings. The van der Waals surface area contributed by atoms with Gasteiger partial charge in [-0.15, -0.1) is 0 Å². The molecule has 1 N–H and O–H groups in total. The third kappa shape index (κ3) is 5.42. The van der Waals surface area contributed by atoms with E-state index in [0.29, 0.717) is 12.3 Å². The first-order chi connectivity index (χ1) is 18.7. The second-order valence-corrected chi connectivity index (χ2v) is 9.89. The van der Waals surface area contributed by atoms with Crippen LogP contribution in [0.15, 0.2) is 109 Å². The number of amides is 1. The van der Waals surface area contributed by atoms with Gasteiger partial charge in [0.05, 0.1) is 23.7 Å². The van der Waals surface area contributed by atoms with Gasteiger partial charge in [0.15, 0.2) is 0 Å². The summed E-state index contributed by atoms with van der Waals surface area (Å²) in [5.74, 6) is 1.53. The zero-order valence-electron chi connectivity index (χ0n) is 21.3. The maximum Gasteiger partial charge on any atom is 0.228 e. The molecule has 5 aromatic rings. The van der Waals surface area contributed by atoms with Crippen molar-refractivity contribution in [1.82, 2.24) is 9.97 Å². The topological polar surface area (TPSA) is 58.1 Å². The van der Waals surface area contributed by atoms with Gasteiger partial charge in [0.1, 0.15) is 5.82 Å². The minimum absolute atomic E-state index is 0.0229. The fraction of sp³-hybridized carbons (Fsp3) is 0.182. The molecule has 0 saturated carbocycles. The maximum absolute atomic E-state index is 12.4. The van der Waals surface area contributed by atoms with E-state index in [4.69, 9.17) is 9.97 Å². The average molecular weight is 499 g/mol. The summed E-state index contributed by atoms with van der Waals surface area (Å²) in [4.78, 5) is 24.4. The zero-order valence-corrected chi connectivity index (χ0v) is 21.3. The standard InChI is InChI=1S/C33H30N4O/c38-33(21-24-7-3-1-4-8-24)35-29-14-11-26(12-15-29)28-13-16-30-31(22-28)36-32(23-34-30)37-19-17-27(18-20-37)25-9-5-2-6-10-25/h1-16,22-23,27H,17-21H2,(H,35,38).